The van der Waals surface area contributed by atoms with Crippen LogP contribution in [0, 0.1) is 13.8 Å². The first-order valence-electron chi connectivity index (χ1n) is 6.63. The van der Waals surface area contributed by atoms with Gasteiger partial charge >= 0.3 is 0 Å². The number of nitrogens with zero attached hydrogens (tertiary/aromatic N) is 2. The van der Waals surface area contributed by atoms with Crippen molar-refractivity contribution in [3.63, 3.8) is 0 Å². The second-order valence-corrected chi connectivity index (χ2v) is 5.97. The summed E-state index contributed by atoms with van der Waals surface area (Å²) >= 11 is 1.85. The molecule has 1 atom stereocenters. The van der Waals surface area contributed by atoms with E-state index in [1.165, 1.54) is 41.5 Å². The Morgan fingerprint density at radius 3 is 2.88 bits per heavy atom. The Morgan fingerprint density at radius 1 is 1.41 bits per heavy atom. The van der Waals surface area contributed by atoms with Gasteiger partial charge in [0, 0.05) is 24.0 Å². The minimum atomic E-state index is 0.633. The van der Waals surface area contributed by atoms with Gasteiger partial charge in [-0.2, -0.15) is 0 Å². The van der Waals surface area contributed by atoms with Crippen LogP contribution in [0.25, 0.3) is 0 Å². The summed E-state index contributed by atoms with van der Waals surface area (Å²) in [6.07, 6.45) is 3.96. The van der Waals surface area contributed by atoms with Gasteiger partial charge in [-0.05, 0) is 39.7 Å². The highest BCUT2D eigenvalue weighted by atomic mass is 32.1. The van der Waals surface area contributed by atoms with Crippen LogP contribution in [0.2, 0.25) is 0 Å². The van der Waals surface area contributed by atoms with E-state index in [1.807, 2.05) is 11.3 Å². The van der Waals surface area contributed by atoms with Crippen LogP contribution in [-0.2, 0) is 0 Å². The highest BCUT2D eigenvalue weighted by Crippen LogP contribution is 2.30. The molecule has 4 heteroatoms. The fourth-order valence-electron chi connectivity index (χ4n) is 2.35. The average Bonchev–Trinajstić information content (AvgIpc) is 2.67. The Morgan fingerprint density at radius 2 is 2.24 bits per heavy atom. The van der Waals surface area contributed by atoms with Gasteiger partial charge in [0.2, 0.25) is 0 Å². The van der Waals surface area contributed by atoms with E-state index < -0.39 is 0 Å². The first kappa shape index (κ1) is 12.8. The summed E-state index contributed by atoms with van der Waals surface area (Å²) in [5.74, 6) is 0. The lowest BCUT2D eigenvalue weighted by Crippen LogP contribution is -2.45. The van der Waals surface area contributed by atoms with Gasteiger partial charge in [-0.25, -0.2) is 4.98 Å². The van der Waals surface area contributed by atoms with Crippen molar-refractivity contribution in [1.82, 2.24) is 10.3 Å². The van der Waals surface area contributed by atoms with E-state index in [1.54, 1.807) is 0 Å². The molecule has 0 aromatic carbocycles. The van der Waals surface area contributed by atoms with Crippen molar-refractivity contribution in [2.75, 3.05) is 24.5 Å². The van der Waals surface area contributed by atoms with E-state index in [2.05, 4.69) is 31.0 Å². The smallest absolute Gasteiger partial charge is 0.186 e. The molecule has 1 unspecified atom stereocenters. The average molecular weight is 253 g/mol. The molecular weight excluding hydrogens is 230 g/mol. The summed E-state index contributed by atoms with van der Waals surface area (Å²) in [6.45, 7) is 9.76. The van der Waals surface area contributed by atoms with Crippen molar-refractivity contribution in [3.8, 4) is 0 Å². The van der Waals surface area contributed by atoms with Crippen molar-refractivity contribution in [2.45, 2.75) is 46.1 Å². The van der Waals surface area contributed by atoms with Gasteiger partial charge < -0.3 is 10.2 Å². The predicted octanol–water partition coefficient (Wildman–Crippen LogP) is 2.73. The van der Waals surface area contributed by atoms with Crippen LogP contribution < -0.4 is 10.2 Å². The molecule has 2 heterocycles. The van der Waals surface area contributed by atoms with E-state index in [9.17, 15) is 0 Å². The normalized spacial score (nSPS) is 20.9. The highest BCUT2D eigenvalue weighted by Gasteiger charge is 2.24. The highest BCUT2D eigenvalue weighted by molar-refractivity contribution is 7.15. The molecule has 1 fully saturated rings. The lowest BCUT2D eigenvalue weighted by molar-refractivity contribution is 0.438. The number of nitrogens with one attached hydrogen (secondary N) is 1. The van der Waals surface area contributed by atoms with Gasteiger partial charge in [0.15, 0.2) is 5.13 Å². The summed E-state index contributed by atoms with van der Waals surface area (Å²) < 4.78 is 0. The van der Waals surface area contributed by atoms with Crippen LogP contribution >= 0.6 is 11.3 Å². The van der Waals surface area contributed by atoms with Gasteiger partial charge in [-0.3, -0.25) is 0 Å². The van der Waals surface area contributed by atoms with Crippen LogP contribution in [0.3, 0.4) is 0 Å². The minimum absolute atomic E-state index is 0.633. The fourth-order valence-corrected chi connectivity index (χ4v) is 3.36. The van der Waals surface area contributed by atoms with Crippen LogP contribution in [0.4, 0.5) is 5.13 Å². The molecule has 0 amide bonds. The van der Waals surface area contributed by atoms with E-state index in [-0.39, 0.29) is 0 Å². The predicted molar refractivity (Wildman–Crippen MR) is 75.1 cm³/mol. The maximum atomic E-state index is 4.71. The monoisotopic (exact) mass is 253 g/mol. The minimum Gasteiger partial charge on any atom is -0.344 e. The van der Waals surface area contributed by atoms with Gasteiger partial charge in [0.1, 0.15) is 0 Å². The molecule has 0 aliphatic carbocycles. The zero-order valence-electron chi connectivity index (χ0n) is 11.1. The van der Waals surface area contributed by atoms with Crippen molar-refractivity contribution < 1.29 is 0 Å². The molecule has 3 nitrogen and oxygen atoms in total. The van der Waals surface area contributed by atoms with Crippen molar-refractivity contribution in [3.05, 3.63) is 10.6 Å². The van der Waals surface area contributed by atoms with E-state index in [0.717, 1.165) is 13.1 Å². The maximum absolute atomic E-state index is 4.71. The van der Waals surface area contributed by atoms with Gasteiger partial charge in [-0.15, -0.1) is 11.3 Å². The summed E-state index contributed by atoms with van der Waals surface area (Å²) in [7, 11) is 0. The third kappa shape index (κ3) is 2.99. The summed E-state index contributed by atoms with van der Waals surface area (Å²) in [6, 6.07) is 0.633. The summed E-state index contributed by atoms with van der Waals surface area (Å²) in [4.78, 5) is 8.57. The first-order chi connectivity index (χ1) is 8.22. The van der Waals surface area contributed by atoms with Crippen LogP contribution in [-0.4, -0.2) is 30.7 Å². The largest absolute Gasteiger partial charge is 0.344 e. The lowest BCUT2D eigenvalue weighted by Gasteiger charge is -2.35. The molecule has 0 saturated carbocycles. The first-order valence-corrected chi connectivity index (χ1v) is 7.45. The molecule has 1 saturated heterocycles. The third-order valence-electron chi connectivity index (χ3n) is 3.52. The second kappa shape index (κ2) is 5.83. The number of hydrogen-bond acceptors (Lipinski definition) is 4. The number of anilines is 1. The van der Waals surface area contributed by atoms with Crippen LogP contribution in [0.1, 0.15) is 36.8 Å². The number of rotatable bonds is 4. The molecule has 0 spiro atoms. The fraction of sp³-hybridized carbons (Fsp3) is 0.769. The number of likely N-dealkylation sites (N-methyl/N-ethyl adjacent to an activating group) is 1. The molecule has 1 aromatic rings. The lowest BCUT2D eigenvalue weighted by atomic mass is 10.0. The molecule has 2 rings (SSSR count). The Balaban J connectivity index is 2.09. The molecule has 17 heavy (non-hydrogen) atoms. The number of aryl methyl sites for hydroxylation is 2. The van der Waals surface area contributed by atoms with E-state index >= 15 is 0 Å². The summed E-state index contributed by atoms with van der Waals surface area (Å²) in [5.41, 5.74) is 1.19. The molecule has 96 valence electrons. The van der Waals surface area contributed by atoms with Crippen molar-refractivity contribution >= 4 is 16.5 Å². The number of hydrogen-bond donors (Lipinski definition) is 1. The zero-order chi connectivity index (χ0) is 12.3. The zero-order valence-corrected chi connectivity index (χ0v) is 11.9. The van der Waals surface area contributed by atoms with Crippen molar-refractivity contribution in [2.24, 2.45) is 0 Å². The van der Waals surface area contributed by atoms with Gasteiger partial charge in [-0.1, -0.05) is 6.92 Å². The standard InChI is InChI=1S/C13H23N3S/c1-4-14-9-12-7-5-6-8-16(12)13-15-10(2)11(3)17-13/h12,14H,4-9H2,1-3H3. The second-order valence-electron chi connectivity index (χ2n) is 4.79. The van der Waals surface area contributed by atoms with Crippen LogP contribution in [0.5, 0.6) is 0 Å². The molecular formula is C13H23N3S. The molecule has 0 radical (unpaired) electrons. The Bertz CT molecular complexity index is 342. The van der Waals surface area contributed by atoms with Gasteiger partial charge in [0.05, 0.1) is 5.69 Å². The Hall–Kier alpha value is -0.610. The Labute approximate surface area is 108 Å². The number of piperidine rings is 1. The van der Waals surface area contributed by atoms with E-state index in [4.69, 9.17) is 4.98 Å². The van der Waals surface area contributed by atoms with E-state index in [0.29, 0.717) is 6.04 Å². The summed E-state index contributed by atoms with van der Waals surface area (Å²) in [5, 5.41) is 4.70. The topological polar surface area (TPSA) is 28.2 Å². The molecule has 1 aliphatic rings. The van der Waals surface area contributed by atoms with Crippen LogP contribution in [0.15, 0.2) is 0 Å². The quantitative estimate of drug-likeness (QED) is 0.894. The number of aromatic nitrogens is 1. The SMILES string of the molecule is CCNCC1CCCCN1c1nc(C)c(C)s1. The molecule has 1 aromatic heterocycles. The van der Waals surface area contributed by atoms with Gasteiger partial charge in [0.25, 0.3) is 0 Å². The molecule has 1 aliphatic heterocycles. The number of thiazole rings is 1. The third-order valence-corrected chi connectivity index (χ3v) is 4.63. The molecule has 1 N–H and O–H groups in total. The molecule has 0 bridgehead atoms. The Kier molecular flexibility index (Phi) is 4.40. The van der Waals surface area contributed by atoms with Crippen molar-refractivity contribution in [1.29, 1.82) is 0 Å². The maximum Gasteiger partial charge on any atom is 0.186 e.